The molecular formula is C25H22FNO. The lowest BCUT2D eigenvalue weighted by atomic mass is 9.68. The Kier molecular flexibility index (Phi) is 3.70. The van der Waals surface area contributed by atoms with Crippen LogP contribution in [-0.2, 0) is 4.79 Å². The minimum atomic E-state index is -0.450. The number of nitrogens with one attached hydrogen (secondary N) is 1. The summed E-state index contributed by atoms with van der Waals surface area (Å²) in [7, 11) is 0. The molecule has 28 heavy (non-hydrogen) atoms. The summed E-state index contributed by atoms with van der Waals surface area (Å²) < 4.78 is 14.7. The van der Waals surface area contributed by atoms with Crippen molar-refractivity contribution in [2.75, 3.05) is 5.32 Å². The van der Waals surface area contributed by atoms with E-state index in [0.717, 1.165) is 39.6 Å². The third kappa shape index (κ3) is 2.57. The molecule has 5 rings (SSSR count). The Morgan fingerprint density at radius 1 is 0.964 bits per heavy atom. The largest absolute Gasteiger partial charge is 0.373 e. The van der Waals surface area contributed by atoms with Gasteiger partial charge >= 0.3 is 0 Å². The van der Waals surface area contributed by atoms with E-state index in [9.17, 15) is 9.18 Å². The molecule has 0 spiro atoms. The number of ketones is 1. The predicted octanol–water partition coefficient (Wildman–Crippen LogP) is 6.29. The molecule has 1 N–H and O–H groups in total. The Morgan fingerprint density at radius 2 is 1.71 bits per heavy atom. The summed E-state index contributed by atoms with van der Waals surface area (Å²) in [6.07, 6.45) is 1.29. The maximum atomic E-state index is 14.7. The molecular weight excluding hydrogens is 349 g/mol. The maximum Gasteiger partial charge on any atom is 0.162 e. The summed E-state index contributed by atoms with van der Waals surface area (Å²) in [6.45, 7) is 4.28. The van der Waals surface area contributed by atoms with Crippen LogP contribution >= 0.6 is 0 Å². The quantitative estimate of drug-likeness (QED) is 0.545. The first-order valence-corrected chi connectivity index (χ1v) is 9.74. The molecule has 140 valence electrons. The van der Waals surface area contributed by atoms with Crippen LogP contribution in [0.2, 0.25) is 0 Å². The zero-order chi connectivity index (χ0) is 19.5. The second-order valence-corrected chi connectivity index (χ2v) is 8.64. The van der Waals surface area contributed by atoms with Crippen molar-refractivity contribution in [2.45, 2.75) is 32.7 Å². The van der Waals surface area contributed by atoms with Gasteiger partial charge in [0, 0.05) is 28.8 Å². The number of fused-ring (bicyclic) bond motifs is 4. The summed E-state index contributed by atoms with van der Waals surface area (Å²) >= 11 is 0. The van der Waals surface area contributed by atoms with Gasteiger partial charge in [-0.2, -0.15) is 0 Å². The fraction of sp³-hybridized carbons (Fsp3) is 0.240. The summed E-state index contributed by atoms with van der Waals surface area (Å²) in [6, 6.07) is 18.7. The van der Waals surface area contributed by atoms with Gasteiger partial charge in [-0.05, 0) is 40.3 Å². The molecule has 0 aromatic heterocycles. The number of allylic oxidation sites excluding steroid dienone is 1. The highest BCUT2D eigenvalue weighted by atomic mass is 19.1. The first-order valence-electron chi connectivity index (χ1n) is 9.74. The molecule has 0 fully saturated rings. The molecule has 0 saturated heterocycles. The fourth-order valence-electron chi connectivity index (χ4n) is 4.78. The van der Waals surface area contributed by atoms with Gasteiger partial charge in [0.05, 0.1) is 6.04 Å². The van der Waals surface area contributed by atoms with E-state index in [2.05, 4.69) is 43.4 Å². The number of hydrogen-bond acceptors (Lipinski definition) is 2. The van der Waals surface area contributed by atoms with Gasteiger partial charge in [0.25, 0.3) is 0 Å². The van der Waals surface area contributed by atoms with Crippen molar-refractivity contribution in [3.05, 3.63) is 83.2 Å². The number of hydrogen-bond donors (Lipinski definition) is 1. The summed E-state index contributed by atoms with van der Waals surface area (Å²) in [5.41, 5.74) is 4.29. The molecule has 0 saturated carbocycles. The number of benzene rings is 3. The second kappa shape index (κ2) is 6.03. The Bertz CT molecular complexity index is 1160. The average molecular weight is 371 g/mol. The second-order valence-electron chi connectivity index (χ2n) is 8.64. The molecule has 3 aromatic rings. The van der Waals surface area contributed by atoms with Gasteiger partial charge in [-0.3, -0.25) is 4.79 Å². The van der Waals surface area contributed by atoms with E-state index in [1.165, 1.54) is 6.07 Å². The monoisotopic (exact) mass is 371 g/mol. The molecule has 1 heterocycles. The van der Waals surface area contributed by atoms with Gasteiger partial charge in [-0.25, -0.2) is 4.39 Å². The van der Waals surface area contributed by atoms with Gasteiger partial charge in [0.2, 0.25) is 0 Å². The third-order valence-electron chi connectivity index (χ3n) is 5.96. The summed E-state index contributed by atoms with van der Waals surface area (Å²) in [4.78, 5) is 13.3. The zero-order valence-electron chi connectivity index (χ0n) is 16.1. The standard InChI is InChI=1S/C25H22FNO/c1-25(2)13-18-22-16-8-4-3-7-15(16)11-12-20(22)27-24(23(18)21(28)14-25)17-9-5-6-10-19(17)26/h3-12,24,27H,13-14H2,1-2H3/t24-/m0/s1. The van der Waals surface area contributed by atoms with E-state index in [1.54, 1.807) is 12.1 Å². The smallest absolute Gasteiger partial charge is 0.162 e. The molecule has 1 aliphatic carbocycles. The summed E-state index contributed by atoms with van der Waals surface area (Å²) in [5.74, 6) is -0.167. The maximum absolute atomic E-state index is 14.7. The Morgan fingerprint density at radius 3 is 2.54 bits per heavy atom. The summed E-state index contributed by atoms with van der Waals surface area (Å²) in [5, 5.41) is 5.77. The molecule has 2 aliphatic rings. The molecule has 1 aliphatic heterocycles. The van der Waals surface area contributed by atoms with Crippen molar-refractivity contribution < 1.29 is 9.18 Å². The van der Waals surface area contributed by atoms with Crippen LogP contribution in [0.4, 0.5) is 10.1 Å². The molecule has 1 atom stereocenters. The van der Waals surface area contributed by atoms with Gasteiger partial charge < -0.3 is 5.32 Å². The Hall–Kier alpha value is -2.94. The van der Waals surface area contributed by atoms with E-state index < -0.39 is 6.04 Å². The van der Waals surface area contributed by atoms with Crippen molar-refractivity contribution in [1.29, 1.82) is 0 Å². The third-order valence-corrected chi connectivity index (χ3v) is 5.96. The topological polar surface area (TPSA) is 29.1 Å². The number of anilines is 1. The fourth-order valence-corrected chi connectivity index (χ4v) is 4.78. The normalized spacial score (nSPS) is 20.5. The van der Waals surface area contributed by atoms with Crippen LogP contribution < -0.4 is 5.32 Å². The van der Waals surface area contributed by atoms with E-state index in [0.29, 0.717) is 12.0 Å². The minimum absolute atomic E-state index is 0.110. The lowest BCUT2D eigenvalue weighted by Crippen LogP contribution is -2.33. The highest BCUT2D eigenvalue weighted by Crippen LogP contribution is 2.52. The number of carbonyl (C=O) groups is 1. The lowest BCUT2D eigenvalue weighted by Gasteiger charge is -2.40. The first kappa shape index (κ1) is 17.2. The lowest BCUT2D eigenvalue weighted by molar-refractivity contribution is -0.118. The van der Waals surface area contributed by atoms with Crippen LogP contribution in [0.1, 0.15) is 43.9 Å². The molecule has 3 heteroatoms. The zero-order valence-corrected chi connectivity index (χ0v) is 16.1. The van der Waals surface area contributed by atoms with Crippen molar-refractivity contribution in [1.82, 2.24) is 0 Å². The average Bonchev–Trinajstić information content (AvgIpc) is 2.66. The SMILES string of the molecule is CC1(C)CC(=O)C2=C(C1)c1c(ccc3ccccc13)N[C@H]2c1ccccc1F. The van der Waals surface area contributed by atoms with E-state index in [1.807, 2.05) is 18.2 Å². The molecule has 0 bridgehead atoms. The molecule has 2 nitrogen and oxygen atoms in total. The Labute approximate surface area is 164 Å². The van der Waals surface area contributed by atoms with Gasteiger partial charge in [0.15, 0.2) is 5.78 Å². The van der Waals surface area contributed by atoms with Crippen LogP contribution in [-0.4, -0.2) is 5.78 Å². The highest BCUT2D eigenvalue weighted by molar-refractivity contribution is 6.12. The van der Waals surface area contributed by atoms with Gasteiger partial charge in [-0.1, -0.05) is 62.4 Å². The van der Waals surface area contributed by atoms with Crippen LogP contribution in [0.15, 0.2) is 66.2 Å². The first-order chi connectivity index (χ1) is 13.4. The predicted molar refractivity (Wildman–Crippen MR) is 112 cm³/mol. The number of halogens is 1. The van der Waals surface area contributed by atoms with E-state index in [-0.39, 0.29) is 17.0 Å². The van der Waals surface area contributed by atoms with E-state index in [4.69, 9.17) is 0 Å². The van der Waals surface area contributed by atoms with Gasteiger partial charge in [-0.15, -0.1) is 0 Å². The van der Waals surface area contributed by atoms with Gasteiger partial charge in [0.1, 0.15) is 5.82 Å². The Balaban J connectivity index is 1.83. The van der Waals surface area contributed by atoms with Crippen LogP contribution in [0.5, 0.6) is 0 Å². The van der Waals surface area contributed by atoms with Crippen molar-refractivity contribution in [2.24, 2.45) is 5.41 Å². The molecule has 0 radical (unpaired) electrons. The van der Waals surface area contributed by atoms with Crippen LogP contribution in [0, 0.1) is 11.2 Å². The van der Waals surface area contributed by atoms with Crippen molar-refractivity contribution in [3.8, 4) is 0 Å². The van der Waals surface area contributed by atoms with Crippen LogP contribution in [0.25, 0.3) is 16.3 Å². The van der Waals surface area contributed by atoms with Crippen molar-refractivity contribution >= 4 is 27.8 Å². The number of rotatable bonds is 1. The minimum Gasteiger partial charge on any atom is -0.373 e. The van der Waals surface area contributed by atoms with E-state index >= 15 is 0 Å². The van der Waals surface area contributed by atoms with Crippen LogP contribution in [0.3, 0.4) is 0 Å². The highest BCUT2D eigenvalue weighted by Gasteiger charge is 2.41. The molecule has 0 amide bonds. The van der Waals surface area contributed by atoms with Crippen molar-refractivity contribution in [3.63, 3.8) is 0 Å². The number of Topliss-reactive ketones (excluding diaryl/α,β-unsaturated/α-hetero) is 1. The molecule has 0 unspecified atom stereocenters. The molecule has 3 aromatic carbocycles. The number of carbonyl (C=O) groups excluding carboxylic acids is 1.